The van der Waals surface area contributed by atoms with Crippen LogP contribution in [0.3, 0.4) is 0 Å². The minimum atomic E-state index is 1.17. The normalized spacial score (nSPS) is 11.8. The molecule has 0 unspecified atom stereocenters. The van der Waals surface area contributed by atoms with Crippen LogP contribution in [0.2, 0.25) is 0 Å². The van der Waals surface area contributed by atoms with Gasteiger partial charge in [0.05, 0.1) is 3.79 Å². The largest absolute Gasteiger partial charge is 0.144 e. The second-order valence-electron chi connectivity index (χ2n) is 2.88. The van der Waals surface area contributed by atoms with Crippen LogP contribution in [0.15, 0.2) is 45.6 Å². The molecule has 0 saturated heterocycles. The Hall–Kier alpha value is -0.640. The minimum Gasteiger partial charge on any atom is -0.144 e. The first-order chi connectivity index (χ1) is 7.34. The van der Waals surface area contributed by atoms with Gasteiger partial charge in [0.15, 0.2) is 0 Å². The molecule has 15 heavy (non-hydrogen) atoms. The summed E-state index contributed by atoms with van der Waals surface area (Å²) < 4.78 is 1.17. The van der Waals surface area contributed by atoms with Gasteiger partial charge in [-0.1, -0.05) is 18.2 Å². The second-order valence-corrected chi connectivity index (χ2v) is 6.35. The van der Waals surface area contributed by atoms with Gasteiger partial charge in [0.25, 0.3) is 0 Å². The summed E-state index contributed by atoms with van der Waals surface area (Å²) in [4.78, 5) is 2.55. The Bertz CT molecular complexity index is 464. The molecule has 2 heterocycles. The molecule has 0 amide bonds. The molecule has 0 N–H and O–H groups in total. The molecule has 0 radical (unpaired) electrons. The first-order valence-corrected chi connectivity index (χ1v) is 6.97. The molecule has 0 aromatic carbocycles. The van der Waals surface area contributed by atoms with Gasteiger partial charge in [0, 0.05) is 9.75 Å². The summed E-state index contributed by atoms with van der Waals surface area (Å²) in [5.41, 5.74) is 0. The Kier molecular flexibility index (Phi) is 3.94. The van der Waals surface area contributed by atoms with Crippen molar-refractivity contribution in [2.24, 2.45) is 0 Å². The Morgan fingerprint density at radius 1 is 1.00 bits per heavy atom. The number of thiophene rings is 2. The number of hydrogen-bond acceptors (Lipinski definition) is 2. The van der Waals surface area contributed by atoms with E-state index in [4.69, 9.17) is 0 Å². The molecule has 2 aromatic rings. The van der Waals surface area contributed by atoms with E-state index in [1.165, 1.54) is 13.5 Å². The highest BCUT2D eigenvalue weighted by atomic mass is 79.9. The van der Waals surface area contributed by atoms with E-state index < -0.39 is 0 Å². The van der Waals surface area contributed by atoms with E-state index >= 15 is 0 Å². The van der Waals surface area contributed by atoms with Crippen LogP contribution in [0, 0.1) is 0 Å². The van der Waals surface area contributed by atoms with Crippen LogP contribution < -0.4 is 0 Å². The molecule has 0 fully saturated rings. The zero-order chi connectivity index (χ0) is 10.5. The van der Waals surface area contributed by atoms with Crippen LogP contribution in [0.1, 0.15) is 9.75 Å². The summed E-state index contributed by atoms with van der Waals surface area (Å²) in [6, 6.07) is 8.33. The number of hydrogen-bond donors (Lipinski definition) is 0. The lowest BCUT2D eigenvalue weighted by Gasteiger charge is -1.81. The maximum Gasteiger partial charge on any atom is 0.0704 e. The first kappa shape index (κ1) is 10.9. The summed E-state index contributed by atoms with van der Waals surface area (Å²) in [5.74, 6) is 0. The number of rotatable bonds is 3. The van der Waals surface area contributed by atoms with Crippen LogP contribution >= 0.6 is 38.6 Å². The van der Waals surface area contributed by atoms with Crippen molar-refractivity contribution in [2.75, 3.05) is 0 Å². The third-order valence-electron chi connectivity index (χ3n) is 1.77. The Morgan fingerprint density at radius 2 is 1.80 bits per heavy atom. The van der Waals surface area contributed by atoms with Crippen molar-refractivity contribution in [3.8, 4) is 0 Å². The van der Waals surface area contributed by atoms with Crippen molar-refractivity contribution in [3.63, 3.8) is 0 Å². The zero-order valence-corrected chi connectivity index (χ0v) is 11.1. The van der Waals surface area contributed by atoms with Gasteiger partial charge in [-0.3, -0.25) is 0 Å². The number of allylic oxidation sites excluding steroid dienone is 2. The van der Waals surface area contributed by atoms with Gasteiger partial charge >= 0.3 is 0 Å². The van der Waals surface area contributed by atoms with Crippen LogP contribution in [0.4, 0.5) is 0 Å². The lowest BCUT2D eigenvalue weighted by atomic mass is 10.3. The van der Waals surface area contributed by atoms with E-state index in [2.05, 4.69) is 69.9 Å². The second kappa shape index (κ2) is 5.45. The van der Waals surface area contributed by atoms with Gasteiger partial charge < -0.3 is 0 Å². The Labute approximate surface area is 106 Å². The molecular formula is C12H9BrS2. The standard InChI is InChI=1S/C12H9BrS2/c13-12-8-7-11(15-12)5-2-1-4-10-6-3-9-14-10/h1-9H/b4-1+,5-2+. The van der Waals surface area contributed by atoms with Crippen molar-refractivity contribution in [3.05, 3.63) is 55.3 Å². The predicted molar refractivity (Wildman–Crippen MR) is 74.4 cm³/mol. The maximum atomic E-state index is 3.44. The number of halogens is 1. The van der Waals surface area contributed by atoms with Gasteiger partial charge in [-0.2, -0.15) is 0 Å². The lowest BCUT2D eigenvalue weighted by Crippen LogP contribution is -1.56. The van der Waals surface area contributed by atoms with Gasteiger partial charge in [0.1, 0.15) is 0 Å². The lowest BCUT2D eigenvalue weighted by molar-refractivity contribution is 1.91. The molecule has 0 aliphatic rings. The fourth-order valence-electron chi connectivity index (χ4n) is 1.10. The van der Waals surface area contributed by atoms with Crippen LogP contribution in [-0.4, -0.2) is 0 Å². The molecule has 0 aliphatic heterocycles. The van der Waals surface area contributed by atoms with E-state index in [1.54, 1.807) is 22.7 Å². The molecule has 76 valence electrons. The van der Waals surface area contributed by atoms with Crippen molar-refractivity contribution in [2.45, 2.75) is 0 Å². The topological polar surface area (TPSA) is 0 Å². The third kappa shape index (κ3) is 3.45. The molecule has 0 atom stereocenters. The summed E-state index contributed by atoms with van der Waals surface area (Å²) >= 11 is 6.92. The molecule has 2 aromatic heterocycles. The van der Waals surface area contributed by atoms with Crippen molar-refractivity contribution < 1.29 is 0 Å². The van der Waals surface area contributed by atoms with Crippen LogP contribution in [0.25, 0.3) is 12.2 Å². The third-order valence-corrected chi connectivity index (χ3v) is 4.20. The van der Waals surface area contributed by atoms with Gasteiger partial charge in [-0.05, 0) is 51.7 Å². The minimum absolute atomic E-state index is 1.17. The summed E-state index contributed by atoms with van der Waals surface area (Å²) in [5, 5.41) is 2.08. The summed E-state index contributed by atoms with van der Waals surface area (Å²) in [6.07, 6.45) is 8.36. The molecule has 0 nitrogen and oxygen atoms in total. The molecular weight excluding hydrogens is 288 g/mol. The highest BCUT2D eigenvalue weighted by Crippen LogP contribution is 2.23. The molecule has 3 heteroatoms. The smallest absolute Gasteiger partial charge is 0.0704 e. The van der Waals surface area contributed by atoms with E-state index in [0.29, 0.717) is 0 Å². The fourth-order valence-corrected chi connectivity index (χ4v) is 3.07. The summed E-state index contributed by atoms with van der Waals surface area (Å²) in [6.45, 7) is 0. The monoisotopic (exact) mass is 296 g/mol. The fraction of sp³-hybridized carbons (Fsp3) is 0. The SMILES string of the molecule is Brc1ccc(/C=C/C=C/c2cccs2)s1. The zero-order valence-electron chi connectivity index (χ0n) is 7.89. The van der Waals surface area contributed by atoms with Crippen LogP contribution in [-0.2, 0) is 0 Å². The highest BCUT2D eigenvalue weighted by molar-refractivity contribution is 9.11. The van der Waals surface area contributed by atoms with Gasteiger partial charge in [0.2, 0.25) is 0 Å². The maximum absolute atomic E-state index is 3.44. The van der Waals surface area contributed by atoms with E-state index in [1.807, 2.05) is 0 Å². The molecule has 0 bridgehead atoms. The average Bonchev–Trinajstić information content (AvgIpc) is 2.84. The Balaban J connectivity index is 1.96. The van der Waals surface area contributed by atoms with Crippen molar-refractivity contribution >= 4 is 50.8 Å². The van der Waals surface area contributed by atoms with Gasteiger partial charge in [-0.15, -0.1) is 22.7 Å². The van der Waals surface area contributed by atoms with Crippen molar-refractivity contribution in [1.29, 1.82) is 0 Å². The van der Waals surface area contributed by atoms with Crippen LogP contribution in [0.5, 0.6) is 0 Å². The van der Waals surface area contributed by atoms with Crippen molar-refractivity contribution in [1.82, 2.24) is 0 Å². The Morgan fingerprint density at radius 3 is 2.40 bits per heavy atom. The van der Waals surface area contributed by atoms with Gasteiger partial charge in [-0.25, -0.2) is 0 Å². The molecule has 0 spiro atoms. The van der Waals surface area contributed by atoms with E-state index in [-0.39, 0.29) is 0 Å². The summed E-state index contributed by atoms with van der Waals surface area (Å²) in [7, 11) is 0. The van der Waals surface area contributed by atoms with E-state index in [9.17, 15) is 0 Å². The quantitative estimate of drug-likeness (QED) is 0.674. The predicted octanol–water partition coefficient (Wildman–Crippen LogP) is 5.30. The molecule has 2 rings (SSSR count). The molecule has 0 saturated carbocycles. The first-order valence-electron chi connectivity index (χ1n) is 4.48. The highest BCUT2D eigenvalue weighted by Gasteiger charge is 1.90. The molecule has 0 aliphatic carbocycles. The average molecular weight is 297 g/mol. The van der Waals surface area contributed by atoms with E-state index in [0.717, 1.165) is 0 Å².